The van der Waals surface area contributed by atoms with Gasteiger partial charge in [-0.05, 0) is 37.1 Å². The first-order valence-electron chi connectivity index (χ1n) is 5.72. The summed E-state index contributed by atoms with van der Waals surface area (Å²) in [6.07, 6.45) is 3.63. The number of imidazole rings is 1. The van der Waals surface area contributed by atoms with E-state index in [1.807, 2.05) is 43.8 Å². The number of aryl methyl sites for hydroxylation is 3. The highest BCUT2D eigenvalue weighted by Crippen LogP contribution is 2.25. The number of aromatic nitrogens is 2. The van der Waals surface area contributed by atoms with Crippen molar-refractivity contribution in [1.82, 2.24) is 9.55 Å². The third kappa shape index (κ3) is 2.35. The van der Waals surface area contributed by atoms with Crippen LogP contribution in [-0.4, -0.2) is 9.55 Å². The molecule has 0 saturated carbocycles. The summed E-state index contributed by atoms with van der Waals surface area (Å²) in [7, 11) is 1.93. The van der Waals surface area contributed by atoms with Gasteiger partial charge < -0.3 is 9.30 Å². The number of ether oxygens (including phenoxy) is 1. The molecule has 0 saturated heterocycles. The Morgan fingerprint density at radius 2 is 2.00 bits per heavy atom. The summed E-state index contributed by atoms with van der Waals surface area (Å²) < 4.78 is 7.72. The number of benzene rings is 1. The van der Waals surface area contributed by atoms with Crippen molar-refractivity contribution >= 4 is 0 Å². The van der Waals surface area contributed by atoms with Gasteiger partial charge in [0.05, 0.1) is 11.6 Å². The summed E-state index contributed by atoms with van der Waals surface area (Å²) in [6.45, 7) is 4.32. The molecule has 1 heterocycles. The molecule has 1 aromatic heterocycles. The van der Waals surface area contributed by atoms with Crippen molar-refractivity contribution in [3.63, 3.8) is 0 Å². The molecule has 18 heavy (non-hydrogen) atoms. The van der Waals surface area contributed by atoms with Crippen LogP contribution < -0.4 is 4.74 Å². The van der Waals surface area contributed by atoms with Gasteiger partial charge in [-0.3, -0.25) is 0 Å². The van der Waals surface area contributed by atoms with E-state index in [-0.39, 0.29) is 0 Å². The first kappa shape index (κ1) is 12.2. The van der Waals surface area contributed by atoms with Crippen LogP contribution in [0.5, 0.6) is 5.75 Å². The van der Waals surface area contributed by atoms with Gasteiger partial charge in [-0.15, -0.1) is 0 Å². The van der Waals surface area contributed by atoms with Crippen LogP contribution in [0.1, 0.15) is 22.5 Å². The molecular formula is C14H15N3O. The SMILES string of the molecule is Cc1cc(C#N)cc(C)c1OCc1nccn1C. The smallest absolute Gasteiger partial charge is 0.146 e. The van der Waals surface area contributed by atoms with Gasteiger partial charge in [0.15, 0.2) is 0 Å². The van der Waals surface area contributed by atoms with E-state index in [4.69, 9.17) is 10.00 Å². The minimum absolute atomic E-state index is 0.428. The maximum atomic E-state index is 8.89. The molecule has 92 valence electrons. The Labute approximate surface area is 106 Å². The molecule has 2 aromatic rings. The van der Waals surface area contributed by atoms with Gasteiger partial charge in [0.2, 0.25) is 0 Å². The number of nitrogens with zero attached hydrogens (tertiary/aromatic N) is 3. The molecule has 0 bridgehead atoms. The van der Waals surface area contributed by atoms with E-state index in [0.717, 1.165) is 22.7 Å². The predicted molar refractivity (Wildman–Crippen MR) is 68.2 cm³/mol. The van der Waals surface area contributed by atoms with Crippen LogP contribution in [0.2, 0.25) is 0 Å². The van der Waals surface area contributed by atoms with E-state index in [1.165, 1.54) is 0 Å². The minimum Gasteiger partial charge on any atom is -0.485 e. The topological polar surface area (TPSA) is 50.8 Å². The molecule has 0 fully saturated rings. The highest BCUT2D eigenvalue weighted by Gasteiger charge is 2.08. The molecule has 0 radical (unpaired) electrons. The molecule has 0 aliphatic rings. The Balaban J connectivity index is 2.20. The lowest BCUT2D eigenvalue weighted by Gasteiger charge is -2.12. The maximum Gasteiger partial charge on any atom is 0.146 e. The van der Waals surface area contributed by atoms with Gasteiger partial charge in [-0.1, -0.05) is 0 Å². The van der Waals surface area contributed by atoms with Crippen molar-refractivity contribution in [3.8, 4) is 11.8 Å². The van der Waals surface area contributed by atoms with Gasteiger partial charge in [0.25, 0.3) is 0 Å². The monoisotopic (exact) mass is 241 g/mol. The molecule has 4 heteroatoms. The summed E-state index contributed by atoms with van der Waals surface area (Å²) in [5, 5.41) is 8.89. The fourth-order valence-electron chi connectivity index (χ4n) is 1.91. The molecule has 0 amide bonds. The Hall–Kier alpha value is -2.28. The summed E-state index contributed by atoms with van der Waals surface area (Å²) >= 11 is 0. The molecule has 0 unspecified atom stereocenters. The number of nitriles is 1. The lowest BCUT2D eigenvalue weighted by atomic mass is 10.1. The molecule has 0 aliphatic heterocycles. The zero-order valence-electron chi connectivity index (χ0n) is 10.8. The van der Waals surface area contributed by atoms with Crippen LogP contribution >= 0.6 is 0 Å². The van der Waals surface area contributed by atoms with Gasteiger partial charge in [0.1, 0.15) is 18.2 Å². The molecule has 0 spiro atoms. The Kier molecular flexibility index (Phi) is 3.33. The lowest BCUT2D eigenvalue weighted by molar-refractivity contribution is 0.288. The van der Waals surface area contributed by atoms with Gasteiger partial charge in [-0.25, -0.2) is 4.98 Å². The summed E-state index contributed by atoms with van der Waals surface area (Å²) in [5.41, 5.74) is 2.61. The van der Waals surface area contributed by atoms with Crippen molar-refractivity contribution in [2.45, 2.75) is 20.5 Å². The van der Waals surface area contributed by atoms with E-state index < -0.39 is 0 Å². The molecule has 0 aliphatic carbocycles. The standard InChI is InChI=1S/C14H15N3O/c1-10-6-12(8-15)7-11(2)14(10)18-9-13-16-4-5-17(13)3/h4-7H,9H2,1-3H3. The van der Waals surface area contributed by atoms with Crippen LogP contribution in [0, 0.1) is 25.2 Å². The maximum absolute atomic E-state index is 8.89. The Morgan fingerprint density at radius 1 is 1.33 bits per heavy atom. The van der Waals surface area contributed by atoms with Crippen molar-refractivity contribution in [2.24, 2.45) is 7.05 Å². The van der Waals surface area contributed by atoms with Crippen LogP contribution in [0.15, 0.2) is 24.5 Å². The van der Waals surface area contributed by atoms with Crippen molar-refractivity contribution in [1.29, 1.82) is 5.26 Å². The molecule has 2 rings (SSSR count). The third-order valence-corrected chi connectivity index (χ3v) is 2.86. The highest BCUT2D eigenvalue weighted by molar-refractivity contribution is 5.47. The first-order chi connectivity index (χ1) is 8.61. The molecule has 1 aromatic carbocycles. The predicted octanol–water partition coefficient (Wildman–Crippen LogP) is 2.49. The number of rotatable bonds is 3. The number of hydrogen-bond acceptors (Lipinski definition) is 3. The van der Waals surface area contributed by atoms with Gasteiger partial charge >= 0.3 is 0 Å². The average Bonchev–Trinajstić information content (AvgIpc) is 2.73. The van der Waals surface area contributed by atoms with E-state index in [2.05, 4.69) is 11.1 Å². The van der Waals surface area contributed by atoms with E-state index in [1.54, 1.807) is 6.20 Å². The second kappa shape index (κ2) is 4.92. The largest absolute Gasteiger partial charge is 0.485 e. The van der Waals surface area contributed by atoms with Gasteiger partial charge in [-0.2, -0.15) is 5.26 Å². The Bertz CT molecular complexity index is 585. The molecular weight excluding hydrogens is 226 g/mol. The summed E-state index contributed by atoms with van der Waals surface area (Å²) in [4.78, 5) is 4.21. The van der Waals surface area contributed by atoms with E-state index >= 15 is 0 Å². The second-order valence-corrected chi connectivity index (χ2v) is 4.29. The molecule has 4 nitrogen and oxygen atoms in total. The second-order valence-electron chi connectivity index (χ2n) is 4.29. The van der Waals surface area contributed by atoms with Crippen molar-refractivity contribution in [3.05, 3.63) is 47.0 Å². The van der Waals surface area contributed by atoms with E-state index in [0.29, 0.717) is 12.2 Å². The zero-order valence-corrected chi connectivity index (χ0v) is 10.8. The number of hydrogen-bond donors (Lipinski definition) is 0. The van der Waals surface area contributed by atoms with Crippen LogP contribution in [0.25, 0.3) is 0 Å². The van der Waals surface area contributed by atoms with Crippen molar-refractivity contribution in [2.75, 3.05) is 0 Å². The summed E-state index contributed by atoms with van der Waals surface area (Å²) in [6, 6.07) is 5.81. The zero-order chi connectivity index (χ0) is 13.1. The van der Waals surface area contributed by atoms with Crippen LogP contribution in [-0.2, 0) is 13.7 Å². The van der Waals surface area contributed by atoms with Crippen LogP contribution in [0.4, 0.5) is 0 Å². The third-order valence-electron chi connectivity index (χ3n) is 2.86. The van der Waals surface area contributed by atoms with E-state index in [9.17, 15) is 0 Å². The fourth-order valence-corrected chi connectivity index (χ4v) is 1.91. The lowest BCUT2D eigenvalue weighted by Crippen LogP contribution is -2.05. The fraction of sp³-hybridized carbons (Fsp3) is 0.286. The minimum atomic E-state index is 0.428. The Morgan fingerprint density at radius 3 is 2.50 bits per heavy atom. The molecule has 0 atom stereocenters. The van der Waals surface area contributed by atoms with Gasteiger partial charge in [0, 0.05) is 19.4 Å². The highest BCUT2D eigenvalue weighted by atomic mass is 16.5. The quantitative estimate of drug-likeness (QED) is 0.829. The average molecular weight is 241 g/mol. The van der Waals surface area contributed by atoms with Crippen molar-refractivity contribution < 1.29 is 4.74 Å². The normalized spacial score (nSPS) is 10.1. The summed E-state index contributed by atoms with van der Waals surface area (Å²) in [5.74, 6) is 1.70. The van der Waals surface area contributed by atoms with Crippen LogP contribution in [0.3, 0.4) is 0 Å². The molecule has 0 N–H and O–H groups in total. The first-order valence-corrected chi connectivity index (χ1v) is 5.72.